The number of hydrogen-bond donors (Lipinski definition) is 1. The van der Waals surface area contributed by atoms with Crippen molar-refractivity contribution in [3.05, 3.63) is 86.8 Å². The van der Waals surface area contributed by atoms with Gasteiger partial charge in [-0.2, -0.15) is 0 Å². The van der Waals surface area contributed by atoms with E-state index in [4.69, 9.17) is 0 Å². The molecule has 2 heterocycles. The van der Waals surface area contributed by atoms with Crippen LogP contribution in [0.5, 0.6) is 0 Å². The largest absolute Gasteiger partial charge is 0.351 e. The molecular weight excluding hydrogens is 445 g/mol. The van der Waals surface area contributed by atoms with Crippen molar-refractivity contribution in [3.63, 3.8) is 0 Å². The third kappa shape index (κ3) is 4.70. The minimum absolute atomic E-state index is 0.00642. The Balaban J connectivity index is 1.66. The Morgan fingerprint density at radius 2 is 1.70 bits per heavy atom. The summed E-state index contributed by atoms with van der Waals surface area (Å²) in [6, 6.07) is 15.0. The third-order valence-electron chi connectivity index (χ3n) is 5.04. The van der Waals surface area contributed by atoms with E-state index >= 15 is 0 Å². The first-order valence-corrected chi connectivity index (χ1v) is 11.0. The molecule has 33 heavy (non-hydrogen) atoms. The molecular formula is C23H20FN5O3S. The molecule has 0 radical (unpaired) electrons. The van der Waals surface area contributed by atoms with Gasteiger partial charge in [0, 0.05) is 26.2 Å². The fourth-order valence-electron chi connectivity index (χ4n) is 3.24. The van der Waals surface area contributed by atoms with Gasteiger partial charge in [0.25, 0.3) is 5.56 Å². The lowest BCUT2D eigenvalue weighted by Crippen LogP contribution is -2.37. The van der Waals surface area contributed by atoms with Crippen molar-refractivity contribution < 1.29 is 9.18 Å². The molecule has 0 aliphatic rings. The summed E-state index contributed by atoms with van der Waals surface area (Å²) < 4.78 is 15.3. The SMILES string of the molecule is Cn1c(=O)c2c(SCC(=O)NCc3ccc(F)cc3)nc(-c3ccccc3)nc2n(C)c1=O. The molecule has 168 valence electrons. The van der Waals surface area contributed by atoms with Crippen molar-refractivity contribution >= 4 is 28.7 Å². The number of aromatic nitrogens is 4. The summed E-state index contributed by atoms with van der Waals surface area (Å²) in [5.74, 6) is -0.283. The monoisotopic (exact) mass is 465 g/mol. The molecule has 2 aromatic carbocycles. The van der Waals surface area contributed by atoms with Gasteiger partial charge in [0.2, 0.25) is 5.91 Å². The maximum atomic E-state index is 13.0. The lowest BCUT2D eigenvalue weighted by molar-refractivity contribution is -0.118. The van der Waals surface area contributed by atoms with Gasteiger partial charge in [-0.25, -0.2) is 19.2 Å². The molecule has 0 aliphatic carbocycles. The third-order valence-corrected chi connectivity index (χ3v) is 6.02. The van der Waals surface area contributed by atoms with Gasteiger partial charge in [-0.3, -0.25) is 18.7 Å². The lowest BCUT2D eigenvalue weighted by atomic mass is 10.2. The number of aryl methyl sites for hydroxylation is 1. The van der Waals surface area contributed by atoms with E-state index in [0.717, 1.165) is 27.5 Å². The molecule has 4 aromatic rings. The molecule has 2 aromatic heterocycles. The van der Waals surface area contributed by atoms with Crippen LogP contribution in [0.3, 0.4) is 0 Å². The molecule has 4 rings (SSSR count). The summed E-state index contributed by atoms with van der Waals surface area (Å²) in [7, 11) is 2.93. The Morgan fingerprint density at radius 3 is 2.39 bits per heavy atom. The average Bonchev–Trinajstić information content (AvgIpc) is 2.84. The fraction of sp³-hybridized carbons (Fsp3) is 0.174. The van der Waals surface area contributed by atoms with Crippen LogP contribution in [0.2, 0.25) is 0 Å². The Bertz CT molecular complexity index is 1450. The van der Waals surface area contributed by atoms with E-state index in [1.54, 1.807) is 12.1 Å². The first-order chi connectivity index (χ1) is 15.8. The van der Waals surface area contributed by atoms with Crippen molar-refractivity contribution in [2.24, 2.45) is 14.1 Å². The number of amides is 1. The molecule has 1 N–H and O–H groups in total. The van der Waals surface area contributed by atoms with E-state index in [2.05, 4.69) is 15.3 Å². The van der Waals surface area contributed by atoms with Crippen LogP contribution in [-0.4, -0.2) is 30.8 Å². The normalized spacial score (nSPS) is 11.0. The van der Waals surface area contributed by atoms with Crippen LogP contribution < -0.4 is 16.6 Å². The zero-order valence-corrected chi connectivity index (χ0v) is 18.7. The van der Waals surface area contributed by atoms with Gasteiger partial charge in [-0.15, -0.1) is 0 Å². The van der Waals surface area contributed by atoms with Gasteiger partial charge < -0.3 is 5.32 Å². The highest BCUT2D eigenvalue weighted by Crippen LogP contribution is 2.25. The van der Waals surface area contributed by atoms with E-state index in [-0.39, 0.29) is 35.1 Å². The second kappa shape index (κ2) is 9.37. The topological polar surface area (TPSA) is 98.9 Å². The Labute approximate surface area is 192 Å². The van der Waals surface area contributed by atoms with Crippen molar-refractivity contribution in [3.8, 4) is 11.4 Å². The number of hydrogen-bond acceptors (Lipinski definition) is 6. The van der Waals surface area contributed by atoms with Crippen LogP contribution in [0.15, 0.2) is 69.2 Å². The molecule has 1 amide bonds. The van der Waals surface area contributed by atoms with E-state index in [0.29, 0.717) is 10.9 Å². The molecule has 0 unspecified atom stereocenters. The minimum atomic E-state index is -0.526. The van der Waals surface area contributed by atoms with Crippen molar-refractivity contribution in [2.45, 2.75) is 11.6 Å². The second-order valence-electron chi connectivity index (χ2n) is 7.31. The summed E-state index contributed by atoms with van der Waals surface area (Å²) >= 11 is 1.09. The fourth-order valence-corrected chi connectivity index (χ4v) is 4.08. The standard InChI is InChI=1S/C23H20FN5O3S/c1-28-20-18(22(31)29(2)23(28)32)21(27-19(26-20)15-6-4-3-5-7-15)33-13-17(30)25-12-14-8-10-16(24)11-9-14/h3-11H,12-13H2,1-2H3,(H,25,30). The van der Waals surface area contributed by atoms with Crippen molar-refractivity contribution in [1.82, 2.24) is 24.4 Å². The Kier molecular flexibility index (Phi) is 6.36. The number of rotatable bonds is 6. The molecule has 0 saturated carbocycles. The van der Waals surface area contributed by atoms with Gasteiger partial charge in [0.1, 0.15) is 16.2 Å². The van der Waals surface area contributed by atoms with Gasteiger partial charge >= 0.3 is 5.69 Å². The van der Waals surface area contributed by atoms with Gasteiger partial charge in [0.15, 0.2) is 11.5 Å². The van der Waals surface area contributed by atoms with Crippen LogP contribution in [0.1, 0.15) is 5.56 Å². The number of carbonyl (C=O) groups excluding carboxylic acids is 1. The maximum Gasteiger partial charge on any atom is 0.332 e. The summed E-state index contributed by atoms with van der Waals surface area (Å²) in [5, 5.41) is 3.25. The highest BCUT2D eigenvalue weighted by molar-refractivity contribution is 8.00. The first-order valence-electron chi connectivity index (χ1n) is 10.0. The maximum absolute atomic E-state index is 13.0. The average molecular weight is 466 g/mol. The number of nitrogens with zero attached hydrogens (tertiary/aromatic N) is 4. The summed E-state index contributed by atoms with van der Waals surface area (Å²) in [6.07, 6.45) is 0. The van der Waals surface area contributed by atoms with E-state index < -0.39 is 11.2 Å². The molecule has 0 fully saturated rings. The first kappa shape index (κ1) is 22.4. The second-order valence-corrected chi connectivity index (χ2v) is 8.28. The Hall–Kier alpha value is -3.79. The number of nitrogens with one attached hydrogen (secondary N) is 1. The van der Waals surface area contributed by atoms with E-state index in [1.807, 2.05) is 30.3 Å². The summed E-state index contributed by atoms with van der Waals surface area (Å²) in [6.45, 7) is 0.246. The Morgan fingerprint density at radius 1 is 1.00 bits per heavy atom. The molecule has 0 atom stereocenters. The number of benzene rings is 2. The molecule has 0 spiro atoms. The molecule has 0 bridgehead atoms. The van der Waals surface area contributed by atoms with Gasteiger partial charge in [-0.05, 0) is 17.7 Å². The van der Waals surface area contributed by atoms with Crippen LogP contribution in [0.4, 0.5) is 4.39 Å². The van der Waals surface area contributed by atoms with Crippen LogP contribution in [0, 0.1) is 5.82 Å². The van der Waals surface area contributed by atoms with Crippen LogP contribution in [-0.2, 0) is 25.4 Å². The number of fused-ring (bicyclic) bond motifs is 1. The zero-order chi connectivity index (χ0) is 23.5. The van der Waals surface area contributed by atoms with Gasteiger partial charge in [0.05, 0.1) is 5.75 Å². The minimum Gasteiger partial charge on any atom is -0.351 e. The van der Waals surface area contributed by atoms with Gasteiger partial charge in [-0.1, -0.05) is 54.2 Å². The van der Waals surface area contributed by atoms with E-state index in [1.165, 1.54) is 30.8 Å². The van der Waals surface area contributed by atoms with Crippen LogP contribution in [0.25, 0.3) is 22.4 Å². The summed E-state index contributed by atoms with van der Waals surface area (Å²) in [4.78, 5) is 46.8. The number of carbonyl (C=O) groups is 1. The molecule has 10 heteroatoms. The predicted molar refractivity (Wildman–Crippen MR) is 124 cm³/mol. The quantitative estimate of drug-likeness (QED) is 0.346. The zero-order valence-electron chi connectivity index (χ0n) is 17.9. The number of halogens is 1. The highest BCUT2D eigenvalue weighted by atomic mass is 32.2. The van der Waals surface area contributed by atoms with Crippen molar-refractivity contribution in [2.75, 3.05) is 5.75 Å². The molecule has 8 nitrogen and oxygen atoms in total. The highest BCUT2D eigenvalue weighted by Gasteiger charge is 2.19. The molecule has 0 aliphatic heterocycles. The van der Waals surface area contributed by atoms with Crippen LogP contribution >= 0.6 is 11.8 Å². The smallest absolute Gasteiger partial charge is 0.332 e. The predicted octanol–water partition coefficient (Wildman–Crippen LogP) is 2.24. The van der Waals surface area contributed by atoms with E-state index in [9.17, 15) is 18.8 Å². The van der Waals surface area contributed by atoms with Crippen molar-refractivity contribution in [1.29, 1.82) is 0 Å². The lowest BCUT2D eigenvalue weighted by Gasteiger charge is -2.12. The number of thioether (sulfide) groups is 1. The summed E-state index contributed by atoms with van der Waals surface area (Å²) in [5.41, 5.74) is 0.652. The molecule has 0 saturated heterocycles.